The van der Waals surface area contributed by atoms with Crippen molar-refractivity contribution in [2.75, 3.05) is 26.4 Å². The highest BCUT2D eigenvalue weighted by molar-refractivity contribution is 6.30. The number of nitrogens with one attached hydrogen (secondary N) is 2. The van der Waals surface area contributed by atoms with Gasteiger partial charge in [0.2, 0.25) is 0 Å². The van der Waals surface area contributed by atoms with Crippen molar-refractivity contribution in [3.05, 3.63) is 77.0 Å². The molecule has 7 nitrogen and oxygen atoms in total. The van der Waals surface area contributed by atoms with Crippen LogP contribution in [0.4, 0.5) is 4.39 Å². The van der Waals surface area contributed by atoms with E-state index >= 15 is 0 Å². The normalized spacial score (nSPS) is 13.1. The summed E-state index contributed by atoms with van der Waals surface area (Å²) < 4.78 is 23.9. The molecule has 0 saturated carbocycles. The molecular weight excluding hydrogens is 437 g/mol. The predicted molar refractivity (Wildman–Crippen MR) is 119 cm³/mol. The fourth-order valence-electron chi connectivity index (χ4n) is 2.92. The van der Waals surface area contributed by atoms with Gasteiger partial charge < -0.3 is 20.1 Å². The first-order valence-electron chi connectivity index (χ1n) is 9.99. The second kappa shape index (κ2) is 11.4. The third-order valence-corrected chi connectivity index (χ3v) is 4.91. The van der Waals surface area contributed by atoms with Crippen LogP contribution in [-0.2, 0) is 9.53 Å². The Hall–Kier alpha value is -3.23. The van der Waals surface area contributed by atoms with Crippen LogP contribution in [0, 0.1) is 5.82 Å². The minimum atomic E-state index is -0.629. The van der Waals surface area contributed by atoms with Gasteiger partial charge in [0.05, 0.1) is 29.5 Å². The number of halogens is 2. The lowest BCUT2D eigenvalue weighted by molar-refractivity contribution is -0.122. The van der Waals surface area contributed by atoms with Gasteiger partial charge in [0.1, 0.15) is 11.6 Å². The molecule has 1 aliphatic heterocycles. The number of aromatic nitrogens is 1. The van der Waals surface area contributed by atoms with Gasteiger partial charge in [0, 0.05) is 30.9 Å². The molecule has 0 saturated heterocycles. The molecule has 0 radical (unpaired) electrons. The lowest BCUT2D eigenvalue weighted by Crippen LogP contribution is -2.31. The van der Waals surface area contributed by atoms with Gasteiger partial charge in [0.25, 0.3) is 11.8 Å². The highest BCUT2D eigenvalue weighted by atomic mass is 35.5. The average Bonchev–Trinajstić information content (AvgIpc) is 2.80. The molecule has 1 aromatic heterocycles. The first-order valence-corrected chi connectivity index (χ1v) is 10.4. The highest BCUT2D eigenvalue weighted by Crippen LogP contribution is 2.20. The number of pyridine rings is 1. The maximum Gasteiger partial charge on any atom is 0.262 e. The minimum Gasteiger partial charge on any atom is -0.484 e. The molecule has 0 fully saturated rings. The summed E-state index contributed by atoms with van der Waals surface area (Å²) in [6, 6.07) is 7.45. The van der Waals surface area contributed by atoms with Crippen LogP contribution >= 0.6 is 11.6 Å². The summed E-state index contributed by atoms with van der Waals surface area (Å²) in [5, 5.41) is 5.31. The Kier molecular flexibility index (Phi) is 8.35. The van der Waals surface area contributed by atoms with E-state index in [2.05, 4.69) is 22.2 Å². The number of ether oxygens (including phenoxy) is 2. The number of nitrogens with zero attached hydrogens (tertiary/aromatic N) is 1. The number of hydrogen-bond donors (Lipinski definition) is 2. The summed E-state index contributed by atoms with van der Waals surface area (Å²) in [6.45, 7) is 4.98. The van der Waals surface area contributed by atoms with Crippen LogP contribution in [0.25, 0.3) is 5.57 Å². The van der Waals surface area contributed by atoms with E-state index in [-0.39, 0.29) is 29.8 Å². The largest absolute Gasteiger partial charge is 0.484 e. The van der Waals surface area contributed by atoms with Gasteiger partial charge >= 0.3 is 0 Å². The summed E-state index contributed by atoms with van der Waals surface area (Å²) in [5.41, 5.74) is 2.81. The van der Waals surface area contributed by atoms with Gasteiger partial charge in [0.15, 0.2) is 6.61 Å². The zero-order valence-electron chi connectivity index (χ0n) is 17.3. The second-order valence-corrected chi connectivity index (χ2v) is 7.42. The summed E-state index contributed by atoms with van der Waals surface area (Å²) >= 11 is 5.60. The van der Waals surface area contributed by atoms with E-state index in [1.54, 1.807) is 6.07 Å². The van der Waals surface area contributed by atoms with Crippen molar-refractivity contribution in [2.45, 2.75) is 12.8 Å². The van der Waals surface area contributed by atoms with Crippen LogP contribution in [0.2, 0.25) is 5.02 Å². The molecule has 0 aliphatic carbocycles. The Morgan fingerprint density at radius 1 is 1.28 bits per heavy atom. The fraction of sp³-hybridized carbons (Fsp3) is 0.261. The summed E-state index contributed by atoms with van der Waals surface area (Å²) in [4.78, 5) is 28.6. The van der Waals surface area contributed by atoms with Crippen LogP contribution in [0.15, 0.2) is 54.9 Å². The third kappa shape index (κ3) is 6.90. The first kappa shape index (κ1) is 23.4. The number of hydrogen-bond acceptors (Lipinski definition) is 5. The van der Waals surface area contributed by atoms with Crippen LogP contribution in [0.5, 0.6) is 5.75 Å². The second-order valence-electron chi connectivity index (χ2n) is 7.01. The Bertz CT molecular complexity index is 1020. The molecule has 2 heterocycles. The zero-order valence-corrected chi connectivity index (χ0v) is 18.1. The van der Waals surface area contributed by atoms with Crippen LogP contribution < -0.4 is 15.4 Å². The molecule has 3 rings (SSSR count). The van der Waals surface area contributed by atoms with E-state index in [0.29, 0.717) is 30.9 Å². The number of benzene rings is 1. The maximum absolute atomic E-state index is 13.4. The highest BCUT2D eigenvalue weighted by Gasteiger charge is 2.11. The minimum absolute atomic E-state index is 0.0272. The van der Waals surface area contributed by atoms with Crippen LogP contribution in [-0.4, -0.2) is 43.2 Å². The number of carbonyl (C=O) groups excluding carboxylic acids is 2. The van der Waals surface area contributed by atoms with E-state index in [9.17, 15) is 14.0 Å². The Morgan fingerprint density at radius 3 is 2.81 bits per heavy atom. The van der Waals surface area contributed by atoms with E-state index < -0.39 is 11.7 Å². The van der Waals surface area contributed by atoms with E-state index in [0.717, 1.165) is 23.8 Å². The maximum atomic E-state index is 13.4. The molecule has 0 atom stereocenters. The zero-order chi connectivity index (χ0) is 22.9. The molecule has 1 aliphatic rings. The number of carbonyl (C=O) groups is 2. The Balaban J connectivity index is 1.37. The van der Waals surface area contributed by atoms with Crippen LogP contribution in [0.3, 0.4) is 0 Å². The van der Waals surface area contributed by atoms with Crippen molar-refractivity contribution < 1.29 is 23.5 Å². The van der Waals surface area contributed by atoms with Gasteiger partial charge in [-0.1, -0.05) is 24.3 Å². The monoisotopic (exact) mass is 459 g/mol. The molecule has 2 N–H and O–H groups in total. The lowest BCUT2D eigenvalue weighted by Gasteiger charge is -2.13. The van der Waals surface area contributed by atoms with Crippen molar-refractivity contribution in [3.63, 3.8) is 0 Å². The SMILES string of the molecule is C=C(CCNC(=O)c1ccc(C2=CCOCC2)nc1)NC(=O)COc1ccc(Cl)c(F)c1. The van der Waals surface area contributed by atoms with Gasteiger partial charge in [-0.25, -0.2) is 4.39 Å². The van der Waals surface area contributed by atoms with Crippen molar-refractivity contribution in [1.82, 2.24) is 15.6 Å². The standard InChI is InChI=1S/C23H23ClFN3O4/c1-15(28-22(29)14-32-18-3-4-19(24)20(25)12-18)6-9-26-23(30)17-2-5-21(27-13-17)16-7-10-31-11-8-16/h2-5,7,12-13H,1,6,8-11,14H2,(H,26,30)(H,28,29). The molecule has 2 aromatic rings. The molecule has 32 heavy (non-hydrogen) atoms. The molecule has 0 bridgehead atoms. The topological polar surface area (TPSA) is 89.5 Å². The summed E-state index contributed by atoms with van der Waals surface area (Å²) in [6.07, 6.45) is 4.66. The molecule has 2 amide bonds. The predicted octanol–water partition coefficient (Wildman–Crippen LogP) is 3.51. The third-order valence-electron chi connectivity index (χ3n) is 4.61. The van der Waals surface area contributed by atoms with Crippen LogP contribution in [0.1, 0.15) is 28.9 Å². The smallest absolute Gasteiger partial charge is 0.262 e. The van der Waals surface area contributed by atoms with E-state index in [1.165, 1.54) is 18.3 Å². The Labute approximate surface area is 190 Å². The van der Waals surface area contributed by atoms with Crippen molar-refractivity contribution in [2.24, 2.45) is 0 Å². The lowest BCUT2D eigenvalue weighted by atomic mass is 10.1. The quantitative estimate of drug-likeness (QED) is 0.599. The van der Waals surface area contributed by atoms with Gasteiger partial charge in [-0.05, 0) is 36.3 Å². The first-order chi connectivity index (χ1) is 15.4. The molecular formula is C23H23ClFN3O4. The molecule has 0 spiro atoms. The fourth-order valence-corrected chi connectivity index (χ4v) is 3.04. The van der Waals surface area contributed by atoms with Gasteiger partial charge in [-0.2, -0.15) is 0 Å². The number of amides is 2. The molecule has 168 valence electrons. The van der Waals surface area contributed by atoms with Gasteiger partial charge in [-0.15, -0.1) is 0 Å². The van der Waals surface area contributed by atoms with Crippen molar-refractivity contribution in [1.29, 1.82) is 0 Å². The van der Waals surface area contributed by atoms with Gasteiger partial charge in [-0.3, -0.25) is 14.6 Å². The van der Waals surface area contributed by atoms with E-state index in [1.807, 2.05) is 12.1 Å². The summed E-state index contributed by atoms with van der Waals surface area (Å²) in [5.74, 6) is -1.15. The number of rotatable bonds is 9. The summed E-state index contributed by atoms with van der Waals surface area (Å²) in [7, 11) is 0. The van der Waals surface area contributed by atoms with Crippen molar-refractivity contribution in [3.8, 4) is 5.75 Å². The average molecular weight is 460 g/mol. The Morgan fingerprint density at radius 2 is 2.12 bits per heavy atom. The molecule has 0 unspecified atom stereocenters. The van der Waals surface area contributed by atoms with E-state index in [4.69, 9.17) is 21.1 Å². The molecule has 1 aromatic carbocycles. The van der Waals surface area contributed by atoms with Crippen molar-refractivity contribution >= 4 is 29.0 Å². The molecule has 9 heteroatoms.